The molecule has 0 aromatic rings. The molecule has 0 spiro atoms. The van der Waals surface area contributed by atoms with E-state index in [0.717, 1.165) is 12.8 Å². The highest BCUT2D eigenvalue weighted by atomic mass is 16.6. The summed E-state index contributed by atoms with van der Waals surface area (Å²) in [6, 6.07) is 0. The molecule has 0 fully saturated rings. The van der Waals surface area contributed by atoms with Gasteiger partial charge in [-0.25, -0.2) is 0 Å². The van der Waals surface area contributed by atoms with Gasteiger partial charge in [-0.3, -0.25) is 0 Å². The maximum atomic E-state index is 9.17. The molecule has 0 rings (SSSR count). The molecule has 2 N–H and O–H groups in total. The SMILES string of the molecule is CCC=O.CNCCOCCOCCOCCOCCOCCO. The number of likely N-dealkylation sites (N-methyl/N-ethyl adjacent to an activating group) is 1. The maximum Gasteiger partial charge on any atom is 0.119 e. The number of carbonyl (C=O) groups excluding carboxylic acids is 1. The van der Waals surface area contributed by atoms with Gasteiger partial charge in [-0.15, -0.1) is 0 Å². The summed E-state index contributed by atoms with van der Waals surface area (Å²) in [5, 5.41) is 11.5. The van der Waals surface area contributed by atoms with Crippen molar-refractivity contribution in [1.29, 1.82) is 0 Å². The molecule has 0 aliphatic carbocycles. The first-order valence-corrected chi connectivity index (χ1v) is 8.41. The molecule has 0 aliphatic heterocycles. The number of nitrogens with one attached hydrogen (secondary N) is 1. The predicted molar refractivity (Wildman–Crippen MR) is 91.5 cm³/mol. The lowest BCUT2D eigenvalue weighted by atomic mass is 10.6. The molecule has 24 heavy (non-hydrogen) atoms. The molecule has 0 aliphatic rings. The van der Waals surface area contributed by atoms with Crippen molar-refractivity contribution >= 4 is 6.29 Å². The molecular weight excluding hydrogens is 318 g/mol. The van der Waals surface area contributed by atoms with E-state index in [2.05, 4.69) is 5.32 Å². The van der Waals surface area contributed by atoms with Crippen LogP contribution in [-0.4, -0.2) is 97.7 Å². The summed E-state index contributed by atoms with van der Waals surface area (Å²) >= 11 is 0. The smallest absolute Gasteiger partial charge is 0.119 e. The Labute approximate surface area is 145 Å². The third-order valence-electron chi connectivity index (χ3n) is 2.39. The standard InChI is InChI=1S/C13H29NO6.C3H6O/c1-14-2-4-16-6-8-18-10-12-20-13-11-19-9-7-17-5-3-15;1-2-3-4/h14-15H,2-13H2,1H3;3H,2H2,1H3. The second kappa shape index (κ2) is 27.2. The summed E-state index contributed by atoms with van der Waals surface area (Å²) in [5.74, 6) is 0. The van der Waals surface area contributed by atoms with Crippen LogP contribution in [0.4, 0.5) is 0 Å². The fraction of sp³-hybridized carbons (Fsp3) is 0.938. The summed E-state index contributed by atoms with van der Waals surface area (Å²) in [6.07, 6.45) is 1.51. The van der Waals surface area contributed by atoms with Gasteiger partial charge in [0, 0.05) is 13.0 Å². The highest BCUT2D eigenvalue weighted by Gasteiger charge is 1.93. The largest absolute Gasteiger partial charge is 0.394 e. The zero-order valence-corrected chi connectivity index (χ0v) is 15.2. The summed E-state index contributed by atoms with van der Waals surface area (Å²) in [7, 11) is 1.89. The van der Waals surface area contributed by atoms with Gasteiger partial charge in [0.2, 0.25) is 0 Å². The van der Waals surface area contributed by atoms with Crippen LogP contribution in [0.15, 0.2) is 0 Å². The van der Waals surface area contributed by atoms with E-state index in [9.17, 15) is 4.79 Å². The Hall–Kier alpha value is -0.610. The molecule has 0 amide bonds. The second-order valence-electron chi connectivity index (χ2n) is 4.46. The average molecular weight is 353 g/mol. The van der Waals surface area contributed by atoms with Crippen molar-refractivity contribution in [3.05, 3.63) is 0 Å². The summed E-state index contributed by atoms with van der Waals surface area (Å²) in [5.41, 5.74) is 0. The van der Waals surface area contributed by atoms with E-state index in [1.807, 2.05) is 14.0 Å². The van der Waals surface area contributed by atoms with Crippen LogP contribution < -0.4 is 5.32 Å². The minimum Gasteiger partial charge on any atom is -0.394 e. The van der Waals surface area contributed by atoms with E-state index >= 15 is 0 Å². The molecule has 8 nitrogen and oxygen atoms in total. The number of ether oxygens (including phenoxy) is 5. The molecule has 0 aromatic heterocycles. The highest BCUT2D eigenvalue weighted by molar-refractivity contribution is 5.48. The van der Waals surface area contributed by atoms with E-state index in [0.29, 0.717) is 72.5 Å². The number of rotatable bonds is 18. The average Bonchev–Trinajstić information content (AvgIpc) is 2.61. The Morgan fingerprint density at radius 2 is 1.08 bits per heavy atom. The van der Waals surface area contributed by atoms with Crippen LogP contribution in [0.25, 0.3) is 0 Å². The van der Waals surface area contributed by atoms with Crippen molar-refractivity contribution in [2.24, 2.45) is 0 Å². The molecule has 0 heterocycles. The fourth-order valence-corrected chi connectivity index (χ4v) is 1.22. The molecule has 0 saturated carbocycles. The van der Waals surface area contributed by atoms with Crippen LogP contribution in [0, 0.1) is 0 Å². The highest BCUT2D eigenvalue weighted by Crippen LogP contribution is 1.83. The van der Waals surface area contributed by atoms with Gasteiger partial charge in [0.25, 0.3) is 0 Å². The first-order chi connectivity index (χ1) is 11.8. The molecule has 0 atom stereocenters. The van der Waals surface area contributed by atoms with Crippen LogP contribution >= 0.6 is 0 Å². The number of aliphatic hydroxyl groups excluding tert-OH is 1. The number of hydrogen-bond acceptors (Lipinski definition) is 8. The molecule has 0 bridgehead atoms. The van der Waals surface area contributed by atoms with Crippen LogP contribution in [0.5, 0.6) is 0 Å². The Balaban J connectivity index is 0. The van der Waals surface area contributed by atoms with Crippen molar-refractivity contribution in [3.8, 4) is 0 Å². The van der Waals surface area contributed by atoms with Gasteiger partial charge in [-0.05, 0) is 7.05 Å². The lowest BCUT2D eigenvalue weighted by Gasteiger charge is -2.07. The molecule has 0 radical (unpaired) electrons. The zero-order chi connectivity index (χ0) is 18.1. The number of aliphatic hydroxyl groups is 1. The third-order valence-corrected chi connectivity index (χ3v) is 2.39. The first-order valence-electron chi connectivity index (χ1n) is 8.41. The van der Waals surface area contributed by atoms with Gasteiger partial charge in [-0.2, -0.15) is 0 Å². The Bertz CT molecular complexity index is 203. The molecule has 146 valence electrons. The van der Waals surface area contributed by atoms with Crippen molar-refractivity contribution in [2.75, 3.05) is 86.3 Å². The van der Waals surface area contributed by atoms with Crippen molar-refractivity contribution in [1.82, 2.24) is 5.32 Å². The molecule has 0 unspecified atom stereocenters. The third kappa shape index (κ3) is 29.4. The quantitative estimate of drug-likeness (QED) is 0.260. The van der Waals surface area contributed by atoms with Crippen LogP contribution in [0.1, 0.15) is 13.3 Å². The van der Waals surface area contributed by atoms with Gasteiger partial charge < -0.3 is 38.9 Å². The number of hydrogen-bond donors (Lipinski definition) is 2. The second-order valence-corrected chi connectivity index (χ2v) is 4.46. The maximum absolute atomic E-state index is 9.17. The van der Waals surface area contributed by atoms with E-state index in [4.69, 9.17) is 28.8 Å². The van der Waals surface area contributed by atoms with Crippen molar-refractivity contribution in [2.45, 2.75) is 13.3 Å². The first kappa shape index (κ1) is 25.6. The van der Waals surface area contributed by atoms with Gasteiger partial charge in [0.15, 0.2) is 0 Å². The van der Waals surface area contributed by atoms with Crippen molar-refractivity contribution in [3.63, 3.8) is 0 Å². The lowest BCUT2D eigenvalue weighted by molar-refractivity contribution is -0.107. The molecule has 0 aromatic carbocycles. The van der Waals surface area contributed by atoms with Gasteiger partial charge >= 0.3 is 0 Å². The normalized spacial score (nSPS) is 10.3. The van der Waals surface area contributed by atoms with Gasteiger partial charge in [0.05, 0.1) is 72.7 Å². The molecule has 0 saturated heterocycles. The minimum absolute atomic E-state index is 0.0453. The molecular formula is C16H35NO7. The zero-order valence-electron chi connectivity index (χ0n) is 15.2. The van der Waals surface area contributed by atoms with Crippen LogP contribution in [-0.2, 0) is 28.5 Å². The van der Waals surface area contributed by atoms with E-state index < -0.39 is 0 Å². The number of aldehydes is 1. The van der Waals surface area contributed by atoms with Crippen LogP contribution in [0.3, 0.4) is 0 Å². The van der Waals surface area contributed by atoms with E-state index in [1.54, 1.807) is 0 Å². The lowest BCUT2D eigenvalue weighted by Crippen LogP contribution is -2.17. The number of carbonyl (C=O) groups is 1. The van der Waals surface area contributed by atoms with E-state index in [1.165, 1.54) is 0 Å². The fourth-order valence-electron chi connectivity index (χ4n) is 1.22. The summed E-state index contributed by atoms with van der Waals surface area (Å²) in [6.45, 7) is 8.19. The minimum atomic E-state index is 0.0453. The summed E-state index contributed by atoms with van der Waals surface area (Å²) in [4.78, 5) is 9.17. The summed E-state index contributed by atoms with van der Waals surface area (Å²) < 4.78 is 26.3. The Kier molecular flexibility index (Phi) is 29.1. The Morgan fingerprint density at radius 1 is 0.750 bits per heavy atom. The van der Waals surface area contributed by atoms with Crippen molar-refractivity contribution < 1.29 is 33.6 Å². The topological polar surface area (TPSA) is 95.5 Å². The predicted octanol–water partition coefficient (Wildman–Crippen LogP) is -0.124. The van der Waals surface area contributed by atoms with Gasteiger partial charge in [0.1, 0.15) is 6.29 Å². The molecule has 8 heteroatoms. The Morgan fingerprint density at radius 3 is 1.38 bits per heavy atom. The van der Waals surface area contributed by atoms with E-state index in [-0.39, 0.29) is 6.61 Å². The van der Waals surface area contributed by atoms with Crippen LogP contribution in [0.2, 0.25) is 0 Å². The van der Waals surface area contributed by atoms with Gasteiger partial charge in [-0.1, -0.05) is 6.92 Å². The monoisotopic (exact) mass is 353 g/mol.